The van der Waals surface area contributed by atoms with Crippen molar-refractivity contribution in [2.75, 3.05) is 19.3 Å². The molecule has 0 aliphatic heterocycles. The van der Waals surface area contributed by atoms with E-state index in [2.05, 4.69) is 0 Å². The van der Waals surface area contributed by atoms with Gasteiger partial charge in [0.25, 0.3) is 5.91 Å². The number of carboxylic acids is 1. The van der Waals surface area contributed by atoms with Crippen molar-refractivity contribution in [1.29, 1.82) is 0 Å². The Morgan fingerprint density at radius 3 is 2.50 bits per heavy atom. The van der Waals surface area contributed by atoms with E-state index in [0.29, 0.717) is 0 Å². The number of hydrogen-bond acceptors (Lipinski definition) is 4. The predicted molar refractivity (Wildman–Crippen MR) is 76.0 cm³/mol. The number of primary amides is 1. The van der Waals surface area contributed by atoms with Crippen molar-refractivity contribution < 1.29 is 19.5 Å². The average Bonchev–Trinajstić information content (AvgIpc) is 2.36. The van der Waals surface area contributed by atoms with Gasteiger partial charge in [-0.3, -0.25) is 14.4 Å². The van der Waals surface area contributed by atoms with Crippen LogP contribution in [0.3, 0.4) is 0 Å². The lowest BCUT2D eigenvalue weighted by molar-refractivity contribution is -0.138. The second kappa shape index (κ2) is 7.16. The number of benzene rings is 1. The fraction of sp³-hybridized carbons (Fsp3) is 0.250. The van der Waals surface area contributed by atoms with Crippen LogP contribution in [0.5, 0.6) is 0 Å². The monoisotopic (exact) mass is 316 g/mol. The minimum atomic E-state index is -1.24. The van der Waals surface area contributed by atoms with Crippen LogP contribution < -0.4 is 5.73 Å². The number of carbonyl (C=O) groups excluding carboxylic acids is 2. The Hall–Kier alpha value is -1.73. The number of rotatable bonds is 6. The molecular weight excluding hydrogens is 304 g/mol. The molecule has 1 aromatic rings. The second-order valence-electron chi connectivity index (χ2n) is 3.87. The summed E-state index contributed by atoms with van der Waals surface area (Å²) >= 11 is 7.36. The quantitative estimate of drug-likeness (QED) is 0.765. The first-order chi connectivity index (χ1) is 9.35. The van der Waals surface area contributed by atoms with Crippen molar-refractivity contribution in [3.05, 3.63) is 28.8 Å². The fourth-order valence-corrected chi connectivity index (χ4v) is 2.15. The number of nitrogens with zero attached hydrogens (tertiary/aromatic N) is 1. The number of amides is 2. The van der Waals surface area contributed by atoms with E-state index in [1.54, 1.807) is 18.2 Å². The number of carboxylic acid groups (broad SMARTS) is 1. The van der Waals surface area contributed by atoms with Crippen LogP contribution in [0.1, 0.15) is 10.4 Å². The van der Waals surface area contributed by atoms with E-state index in [4.69, 9.17) is 22.4 Å². The van der Waals surface area contributed by atoms with Crippen molar-refractivity contribution in [2.45, 2.75) is 4.90 Å². The van der Waals surface area contributed by atoms with Gasteiger partial charge in [-0.1, -0.05) is 11.6 Å². The van der Waals surface area contributed by atoms with E-state index in [9.17, 15) is 14.4 Å². The molecule has 0 aliphatic rings. The van der Waals surface area contributed by atoms with Crippen molar-refractivity contribution in [3.63, 3.8) is 0 Å². The number of thioether (sulfide) groups is 1. The van der Waals surface area contributed by atoms with Crippen molar-refractivity contribution in [3.8, 4) is 0 Å². The summed E-state index contributed by atoms with van der Waals surface area (Å²) in [6.45, 7) is -1.10. The van der Waals surface area contributed by atoms with Crippen LogP contribution in [-0.4, -0.2) is 47.1 Å². The maximum Gasteiger partial charge on any atom is 0.323 e. The van der Waals surface area contributed by atoms with Gasteiger partial charge in [0, 0.05) is 4.90 Å². The molecule has 6 nitrogen and oxygen atoms in total. The summed E-state index contributed by atoms with van der Waals surface area (Å²) in [5.41, 5.74) is 5.16. The van der Waals surface area contributed by atoms with Crippen LogP contribution in [0.4, 0.5) is 0 Å². The Balaban J connectivity index is 3.10. The first-order valence-electron chi connectivity index (χ1n) is 5.48. The predicted octanol–water partition coefficient (Wildman–Crippen LogP) is 1.07. The van der Waals surface area contributed by atoms with Gasteiger partial charge in [0.2, 0.25) is 5.91 Å². The molecule has 0 aliphatic carbocycles. The molecule has 3 N–H and O–H groups in total. The molecule has 1 aromatic carbocycles. The van der Waals surface area contributed by atoms with Gasteiger partial charge in [0.15, 0.2) is 0 Å². The van der Waals surface area contributed by atoms with Crippen molar-refractivity contribution >= 4 is 41.1 Å². The van der Waals surface area contributed by atoms with E-state index in [0.717, 1.165) is 9.80 Å². The third-order valence-electron chi connectivity index (χ3n) is 2.36. The van der Waals surface area contributed by atoms with Gasteiger partial charge in [0.05, 0.1) is 10.6 Å². The molecule has 0 unspecified atom stereocenters. The lowest BCUT2D eigenvalue weighted by Gasteiger charge is -2.19. The lowest BCUT2D eigenvalue weighted by Crippen LogP contribution is -2.41. The Labute approximate surface area is 124 Å². The topological polar surface area (TPSA) is 101 Å². The van der Waals surface area contributed by atoms with Gasteiger partial charge < -0.3 is 15.7 Å². The van der Waals surface area contributed by atoms with Gasteiger partial charge in [-0.15, -0.1) is 11.8 Å². The van der Waals surface area contributed by atoms with Gasteiger partial charge in [-0.05, 0) is 24.5 Å². The number of hydrogen-bond donors (Lipinski definition) is 2. The summed E-state index contributed by atoms with van der Waals surface area (Å²) in [5.74, 6) is -2.68. The molecule has 0 saturated carbocycles. The molecule has 0 spiro atoms. The van der Waals surface area contributed by atoms with E-state index in [1.165, 1.54) is 11.8 Å². The highest BCUT2D eigenvalue weighted by Crippen LogP contribution is 2.24. The molecule has 0 aromatic heterocycles. The zero-order chi connectivity index (χ0) is 15.3. The molecule has 0 heterocycles. The molecule has 0 saturated heterocycles. The van der Waals surface area contributed by atoms with E-state index in [-0.39, 0.29) is 10.6 Å². The third-order valence-corrected chi connectivity index (χ3v) is 3.42. The summed E-state index contributed by atoms with van der Waals surface area (Å²) in [7, 11) is 0. The van der Waals surface area contributed by atoms with Crippen LogP contribution in [0.25, 0.3) is 0 Å². The van der Waals surface area contributed by atoms with E-state index in [1.807, 2.05) is 6.26 Å². The SMILES string of the molecule is CSc1ccc(Cl)c(C(=O)N(CC(N)=O)CC(=O)O)c1. The molecule has 0 radical (unpaired) electrons. The van der Waals surface area contributed by atoms with Gasteiger partial charge in [-0.25, -0.2) is 0 Å². The van der Waals surface area contributed by atoms with Crippen LogP contribution in [0.15, 0.2) is 23.1 Å². The molecule has 2 amide bonds. The van der Waals surface area contributed by atoms with Gasteiger partial charge in [-0.2, -0.15) is 0 Å². The molecule has 20 heavy (non-hydrogen) atoms. The smallest absolute Gasteiger partial charge is 0.323 e. The van der Waals surface area contributed by atoms with Crippen LogP contribution >= 0.6 is 23.4 Å². The summed E-state index contributed by atoms with van der Waals surface area (Å²) in [5, 5.41) is 8.97. The van der Waals surface area contributed by atoms with Gasteiger partial charge in [0.1, 0.15) is 13.1 Å². The second-order valence-corrected chi connectivity index (χ2v) is 5.15. The Morgan fingerprint density at radius 2 is 2.00 bits per heavy atom. The number of aliphatic carboxylic acids is 1. The zero-order valence-corrected chi connectivity index (χ0v) is 12.2. The molecule has 1 rings (SSSR count). The molecular formula is C12H13ClN2O4S. The maximum absolute atomic E-state index is 12.3. The minimum absolute atomic E-state index is 0.140. The molecule has 0 bridgehead atoms. The summed E-state index contributed by atoms with van der Waals surface area (Å²) in [6.07, 6.45) is 1.83. The lowest BCUT2D eigenvalue weighted by atomic mass is 10.2. The average molecular weight is 317 g/mol. The Kier molecular flexibility index (Phi) is 5.84. The van der Waals surface area contributed by atoms with Gasteiger partial charge >= 0.3 is 5.97 Å². The highest BCUT2D eigenvalue weighted by molar-refractivity contribution is 7.98. The Morgan fingerprint density at radius 1 is 1.35 bits per heavy atom. The normalized spacial score (nSPS) is 10.1. The highest BCUT2D eigenvalue weighted by Gasteiger charge is 2.22. The van der Waals surface area contributed by atoms with Crippen LogP contribution in [-0.2, 0) is 9.59 Å². The Bertz CT molecular complexity index is 534. The molecule has 0 atom stereocenters. The van der Waals surface area contributed by atoms with Crippen molar-refractivity contribution in [1.82, 2.24) is 4.90 Å². The minimum Gasteiger partial charge on any atom is -0.480 e. The van der Waals surface area contributed by atoms with E-state index < -0.39 is 30.9 Å². The first kappa shape index (κ1) is 16.3. The maximum atomic E-state index is 12.3. The molecule has 8 heteroatoms. The largest absolute Gasteiger partial charge is 0.480 e. The third kappa shape index (κ3) is 4.43. The molecule has 0 fully saturated rings. The van der Waals surface area contributed by atoms with E-state index >= 15 is 0 Å². The number of nitrogens with two attached hydrogens (primary N) is 1. The summed E-state index contributed by atoms with van der Waals surface area (Å²) in [4.78, 5) is 35.6. The standard InChI is InChI=1S/C12H13ClN2O4S/c1-20-7-2-3-9(13)8(4-7)12(19)15(5-10(14)16)6-11(17)18/h2-4H,5-6H2,1H3,(H2,14,16)(H,17,18). The van der Waals surface area contributed by atoms with Crippen molar-refractivity contribution in [2.24, 2.45) is 5.73 Å². The first-order valence-corrected chi connectivity index (χ1v) is 7.08. The zero-order valence-electron chi connectivity index (χ0n) is 10.6. The highest BCUT2D eigenvalue weighted by atomic mass is 35.5. The number of carbonyl (C=O) groups is 3. The summed E-state index contributed by atoms with van der Waals surface area (Å²) in [6, 6.07) is 4.83. The number of halogens is 1. The molecule has 108 valence electrons. The van der Waals surface area contributed by atoms with Crippen LogP contribution in [0, 0.1) is 0 Å². The fourth-order valence-electron chi connectivity index (χ4n) is 1.52. The van der Waals surface area contributed by atoms with Crippen LogP contribution in [0.2, 0.25) is 5.02 Å². The summed E-state index contributed by atoms with van der Waals surface area (Å²) < 4.78 is 0.